The smallest absolute Gasteiger partial charge is 0.111 e. The normalized spacial score (nSPS) is 37.5. The maximum Gasteiger partial charge on any atom is 0.111 e. The highest BCUT2D eigenvalue weighted by molar-refractivity contribution is 5.20. The largest absolute Gasteiger partial charge is 0.330 e. The molecule has 0 bridgehead atoms. The lowest BCUT2D eigenvalue weighted by Gasteiger charge is -2.07. The number of allylic oxidation sites excluding steroid dienone is 2. The van der Waals surface area contributed by atoms with E-state index in [1.165, 1.54) is 0 Å². The van der Waals surface area contributed by atoms with Gasteiger partial charge >= 0.3 is 0 Å². The summed E-state index contributed by atoms with van der Waals surface area (Å²) in [5, 5.41) is 0. The Bertz CT molecular complexity index is 176. The average Bonchev–Trinajstić information content (AvgIpc) is 2.67. The minimum atomic E-state index is -0.309. The van der Waals surface area contributed by atoms with Crippen LogP contribution in [0.25, 0.3) is 0 Å². The van der Waals surface area contributed by atoms with E-state index in [-0.39, 0.29) is 12.1 Å². The number of alkyl halides is 1. The Kier molecular flexibility index (Phi) is 2.33. The third kappa shape index (κ3) is 1.45. The van der Waals surface area contributed by atoms with E-state index in [1.54, 1.807) is 0 Å². The summed E-state index contributed by atoms with van der Waals surface area (Å²) in [6.07, 6.45) is 2.94. The summed E-state index contributed by atoms with van der Waals surface area (Å²) in [7, 11) is 0. The summed E-state index contributed by atoms with van der Waals surface area (Å²) in [4.78, 5) is 0. The van der Waals surface area contributed by atoms with E-state index in [2.05, 4.69) is 6.92 Å². The van der Waals surface area contributed by atoms with E-state index in [1.807, 2.05) is 13.0 Å². The van der Waals surface area contributed by atoms with Crippen LogP contribution in [-0.4, -0.2) is 13.2 Å². The minimum Gasteiger partial charge on any atom is -0.330 e. The van der Waals surface area contributed by atoms with Crippen LogP contribution in [0.5, 0.6) is 0 Å². The maximum atomic E-state index is 12.3. The molecule has 2 heteroatoms. The summed E-state index contributed by atoms with van der Waals surface area (Å²) in [5.74, 6) is 0.419. The Morgan fingerprint density at radius 3 is 2.73 bits per heavy atom. The summed E-state index contributed by atoms with van der Waals surface area (Å²) in [5.41, 5.74) is 6.69. The van der Waals surface area contributed by atoms with E-state index >= 15 is 0 Å². The van der Waals surface area contributed by atoms with Gasteiger partial charge in [-0.15, -0.1) is 0 Å². The number of rotatable bonds is 3. The predicted octanol–water partition coefficient (Wildman–Crippen LogP) is 1.89. The monoisotopic (exact) mass is 157 g/mol. The molecule has 1 nitrogen and oxygen atoms in total. The molecule has 1 fully saturated rings. The molecule has 0 aromatic heterocycles. The molecule has 0 aliphatic heterocycles. The standard InChI is InChI=1S/C9H16FN/c1-3-7(5-10)8-4-9(8,2)6-11/h3,8H,4-6,11H2,1-2H3/b7-3-. The molecular formula is C9H16FN. The highest BCUT2D eigenvalue weighted by atomic mass is 19.1. The van der Waals surface area contributed by atoms with Crippen LogP contribution in [0.2, 0.25) is 0 Å². The van der Waals surface area contributed by atoms with Gasteiger partial charge in [-0.2, -0.15) is 0 Å². The Labute approximate surface area is 67.5 Å². The molecule has 0 spiro atoms. The van der Waals surface area contributed by atoms with Crippen LogP contribution in [-0.2, 0) is 0 Å². The van der Waals surface area contributed by atoms with Crippen molar-refractivity contribution in [2.24, 2.45) is 17.1 Å². The van der Waals surface area contributed by atoms with Crippen molar-refractivity contribution in [2.45, 2.75) is 20.3 Å². The summed E-state index contributed by atoms with van der Waals surface area (Å²) in [6.45, 7) is 4.38. The molecule has 0 amide bonds. The van der Waals surface area contributed by atoms with Gasteiger partial charge in [0.2, 0.25) is 0 Å². The Morgan fingerprint density at radius 2 is 2.45 bits per heavy atom. The van der Waals surface area contributed by atoms with E-state index < -0.39 is 0 Å². The van der Waals surface area contributed by atoms with Crippen molar-refractivity contribution < 1.29 is 4.39 Å². The fourth-order valence-corrected chi connectivity index (χ4v) is 1.58. The van der Waals surface area contributed by atoms with Gasteiger partial charge < -0.3 is 5.73 Å². The van der Waals surface area contributed by atoms with Crippen molar-refractivity contribution in [2.75, 3.05) is 13.2 Å². The quantitative estimate of drug-likeness (QED) is 0.622. The molecule has 0 saturated heterocycles. The van der Waals surface area contributed by atoms with Gasteiger partial charge in [0.25, 0.3) is 0 Å². The summed E-state index contributed by atoms with van der Waals surface area (Å²) >= 11 is 0. The van der Waals surface area contributed by atoms with Gasteiger partial charge in [0.1, 0.15) is 6.67 Å². The number of hydrogen-bond acceptors (Lipinski definition) is 1. The van der Waals surface area contributed by atoms with Crippen molar-refractivity contribution in [1.29, 1.82) is 0 Å². The molecule has 1 aliphatic carbocycles. The Hall–Kier alpha value is -0.370. The number of nitrogens with two attached hydrogens (primary N) is 1. The fraction of sp³-hybridized carbons (Fsp3) is 0.778. The summed E-state index contributed by atoms with van der Waals surface area (Å²) in [6, 6.07) is 0. The predicted molar refractivity (Wildman–Crippen MR) is 45.0 cm³/mol. The zero-order valence-corrected chi connectivity index (χ0v) is 7.23. The number of halogens is 1. The second kappa shape index (κ2) is 2.94. The van der Waals surface area contributed by atoms with E-state index in [0.29, 0.717) is 12.5 Å². The van der Waals surface area contributed by atoms with Crippen molar-refractivity contribution in [3.05, 3.63) is 11.6 Å². The van der Waals surface area contributed by atoms with Gasteiger partial charge in [-0.3, -0.25) is 0 Å². The molecule has 0 radical (unpaired) electrons. The Balaban J connectivity index is 2.54. The molecule has 64 valence electrons. The zero-order chi connectivity index (χ0) is 8.48. The molecule has 0 heterocycles. The lowest BCUT2D eigenvalue weighted by molar-refractivity contribution is 0.487. The van der Waals surface area contributed by atoms with Gasteiger partial charge in [0.05, 0.1) is 0 Å². The van der Waals surface area contributed by atoms with Crippen molar-refractivity contribution in [3.63, 3.8) is 0 Å². The first kappa shape index (κ1) is 8.72. The van der Waals surface area contributed by atoms with Crippen molar-refractivity contribution >= 4 is 0 Å². The van der Waals surface area contributed by atoms with Crippen molar-refractivity contribution in [1.82, 2.24) is 0 Å². The highest BCUT2D eigenvalue weighted by Gasteiger charge is 2.50. The molecule has 2 atom stereocenters. The third-order valence-corrected chi connectivity index (χ3v) is 2.79. The van der Waals surface area contributed by atoms with Crippen LogP contribution in [0.3, 0.4) is 0 Å². The lowest BCUT2D eigenvalue weighted by Crippen LogP contribution is -2.14. The van der Waals surface area contributed by atoms with Gasteiger partial charge in [-0.05, 0) is 36.8 Å². The number of hydrogen-bond donors (Lipinski definition) is 1. The van der Waals surface area contributed by atoms with Crippen LogP contribution in [0, 0.1) is 11.3 Å². The van der Waals surface area contributed by atoms with Gasteiger partial charge in [0, 0.05) is 0 Å². The highest BCUT2D eigenvalue weighted by Crippen LogP contribution is 2.55. The summed E-state index contributed by atoms with van der Waals surface area (Å²) < 4.78 is 12.3. The topological polar surface area (TPSA) is 26.0 Å². The maximum absolute atomic E-state index is 12.3. The van der Waals surface area contributed by atoms with E-state index in [9.17, 15) is 4.39 Å². The molecule has 1 aliphatic rings. The molecule has 2 N–H and O–H groups in total. The molecule has 1 rings (SSSR count). The van der Waals surface area contributed by atoms with Crippen molar-refractivity contribution in [3.8, 4) is 0 Å². The van der Waals surface area contributed by atoms with Gasteiger partial charge in [-0.25, -0.2) is 4.39 Å². The molecular weight excluding hydrogens is 141 g/mol. The molecule has 1 saturated carbocycles. The van der Waals surface area contributed by atoms with Crippen LogP contribution >= 0.6 is 0 Å². The average molecular weight is 157 g/mol. The van der Waals surface area contributed by atoms with Crippen LogP contribution < -0.4 is 5.73 Å². The first-order valence-electron chi connectivity index (χ1n) is 4.09. The van der Waals surface area contributed by atoms with E-state index in [0.717, 1.165) is 12.0 Å². The van der Waals surface area contributed by atoms with Gasteiger partial charge in [0.15, 0.2) is 0 Å². The third-order valence-electron chi connectivity index (χ3n) is 2.79. The fourth-order valence-electron chi connectivity index (χ4n) is 1.58. The molecule has 11 heavy (non-hydrogen) atoms. The molecule has 0 aromatic carbocycles. The van der Waals surface area contributed by atoms with Crippen LogP contribution in [0.15, 0.2) is 11.6 Å². The van der Waals surface area contributed by atoms with Gasteiger partial charge in [-0.1, -0.05) is 13.0 Å². The van der Waals surface area contributed by atoms with Crippen LogP contribution in [0.4, 0.5) is 4.39 Å². The second-order valence-electron chi connectivity index (χ2n) is 3.61. The second-order valence-corrected chi connectivity index (χ2v) is 3.61. The van der Waals surface area contributed by atoms with E-state index in [4.69, 9.17) is 5.73 Å². The minimum absolute atomic E-state index is 0.202. The lowest BCUT2D eigenvalue weighted by atomic mass is 10.0. The SMILES string of the molecule is C/C=C(/CF)C1CC1(C)CN. The Morgan fingerprint density at radius 1 is 1.82 bits per heavy atom. The zero-order valence-electron chi connectivity index (χ0n) is 7.23. The van der Waals surface area contributed by atoms with Crippen LogP contribution in [0.1, 0.15) is 20.3 Å². The molecule has 2 unspecified atom stereocenters. The first-order valence-corrected chi connectivity index (χ1v) is 4.09. The molecule has 0 aromatic rings. The first-order chi connectivity index (χ1) is 5.18.